The molecule has 19 heavy (non-hydrogen) atoms. The largest absolute Gasteiger partial charge is 0.397 e. The molecule has 0 radical (unpaired) electrons. The molecule has 1 saturated heterocycles. The fourth-order valence-electron chi connectivity index (χ4n) is 1.83. The van der Waals surface area contributed by atoms with Crippen molar-refractivity contribution in [1.29, 1.82) is 0 Å². The third-order valence-corrected chi connectivity index (χ3v) is 3.28. The minimum Gasteiger partial charge on any atom is -0.397 e. The maximum absolute atomic E-state index is 11.8. The highest BCUT2D eigenvalue weighted by Gasteiger charge is 2.15. The van der Waals surface area contributed by atoms with Crippen LogP contribution in [0.1, 0.15) is 12.8 Å². The van der Waals surface area contributed by atoms with Crippen molar-refractivity contribution in [3.63, 3.8) is 0 Å². The number of nitrogens with two attached hydrogens (primary N) is 1. The molecule has 104 valence electrons. The zero-order valence-corrected chi connectivity index (χ0v) is 11.8. The Morgan fingerprint density at radius 2 is 2.26 bits per heavy atom. The molecule has 0 bridgehead atoms. The Hall–Kier alpha value is -1.01. The summed E-state index contributed by atoms with van der Waals surface area (Å²) in [6, 6.07) is 3.09. The predicted molar refractivity (Wildman–Crippen MR) is 76.3 cm³/mol. The number of halogens is 2. The molecule has 0 atom stereocenters. The summed E-state index contributed by atoms with van der Waals surface area (Å²) in [5, 5.41) is 5.24. The van der Waals surface area contributed by atoms with Gasteiger partial charge in [0.1, 0.15) is 0 Å². The molecule has 1 aliphatic heterocycles. The third-order valence-electron chi connectivity index (χ3n) is 2.76. The minimum atomic E-state index is -0.161. The highest BCUT2D eigenvalue weighted by atomic mass is 35.5. The smallest absolute Gasteiger partial charge is 0.225 e. The Labute approximate surface area is 121 Å². The molecule has 1 heterocycles. The summed E-state index contributed by atoms with van der Waals surface area (Å²) in [4.78, 5) is 17.1. The van der Waals surface area contributed by atoms with Crippen molar-refractivity contribution < 1.29 is 9.63 Å². The van der Waals surface area contributed by atoms with Gasteiger partial charge < -0.3 is 11.1 Å². The van der Waals surface area contributed by atoms with E-state index in [9.17, 15) is 4.79 Å². The first-order valence-electron chi connectivity index (χ1n) is 5.98. The number of nitrogen functional groups attached to an aromatic ring is 1. The van der Waals surface area contributed by atoms with Crippen molar-refractivity contribution in [3.05, 3.63) is 22.2 Å². The molecule has 0 unspecified atom stereocenters. The van der Waals surface area contributed by atoms with E-state index in [0.717, 1.165) is 19.6 Å². The summed E-state index contributed by atoms with van der Waals surface area (Å²) in [5.74, 6) is -0.161. The first-order valence-corrected chi connectivity index (χ1v) is 6.74. The van der Waals surface area contributed by atoms with Gasteiger partial charge in [0.15, 0.2) is 0 Å². The maximum atomic E-state index is 11.8. The summed E-state index contributed by atoms with van der Waals surface area (Å²) in [6.07, 6.45) is 1.32. The molecule has 1 aromatic rings. The van der Waals surface area contributed by atoms with Gasteiger partial charge in [-0.3, -0.25) is 9.63 Å². The van der Waals surface area contributed by atoms with Gasteiger partial charge in [-0.25, -0.2) is 0 Å². The Kier molecular flexibility index (Phi) is 4.87. The van der Waals surface area contributed by atoms with Crippen molar-refractivity contribution >= 4 is 40.5 Å². The Morgan fingerprint density at radius 3 is 2.89 bits per heavy atom. The van der Waals surface area contributed by atoms with Crippen molar-refractivity contribution in [1.82, 2.24) is 5.06 Å². The van der Waals surface area contributed by atoms with Gasteiger partial charge in [-0.1, -0.05) is 23.2 Å². The number of nitrogens with one attached hydrogen (secondary N) is 1. The second kappa shape index (κ2) is 6.43. The second-order valence-corrected chi connectivity index (χ2v) is 5.11. The van der Waals surface area contributed by atoms with E-state index in [1.165, 1.54) is 0 Å². The standard InChI is InChI=1S/C12H15Cl2N3O2/c13-8-6-9(14)12(10(15)7-8)16-11(18)2-4-17-3-1-5-19-17/h6-7H,1-5,15H2,(H,16,18). The number of nitrogens with zero attached hydrogens (tertiary/aromatic N) is 1. The number of anilines is 2. The van der Waals surface area contributed by atoms with Crippen LogP contribution in [0, 0.1) is 0 Å². The van der Waals surface area contributed by atoms with Crippen molar-refractivity contribution in [2.24, 2.45) is 0 Å². The quantitative estimate of drug-likeness (QED) is 0.839. The van der Waals surface area contributed by atoms with E-state index in [1.54, 1.807) is 17.2 Å². The molecule has 2 rings (SSSR count). The molecule has 1 aliphatic rings. The molecular formula is C12H15Cl2N3O2. The number of carbonyl (C=O) groups excluding carboxylic acids is 1. The van der Waals surface area contributed by atoms with E-state index in [2.05, 4.69) is 5.32 Å². The zero-order chi connectivity index (χ0) is 13.8. The van der Waals surface area contributed by atoms with Gasteiger partial charge in [0.2, 0.25) is 5.91 Å². The fraction of sp³-hybridized carbons (Fsp3) is 0.417. The van der Waals surface area contributed by atoms with Crippen molar-refractivity contribution in [2.45, 2.75) is 12.8 Å². The van der Waals surface area contributed by atoms with Crippen LogP contribution in [0.5, 0.6) is 0 Å². The normalized spacial score (nSPS) is 15.7. The lowest BCUT2D eigenvalue weighted by molar-refractivity contribution is -0.126. The van der Waals surface area contributed by atoms with Gasteiger partial charge in [0.25, 0.3) is 0 Å². The lowest BCUT2D eigenvalue weighted by Crippen LogP contribution is -2.24. The van der Waals surface area contributed by atoms with Crippen LogP contribution in [0.25, 0.3) is 0 Å². The average molecular weight is 304 g/mol. The first-order chi connectivity index (χ1) is 9.06. The minimum absolute atomic E-state index is 0.161. The zero-order valence-electron chi connectivity index (χ0n) is 10.3. The third kappa shape index (κ3) is 3.98. The molecule has 5 nitrogen and oxygen atoms in total. The molecular weight excluding hydrogens is 289 g/mol. The van der Waals surface area contributed by atoms with Crippen LogP contribution < -0.4 is 11.1 Å². The number of benzene rings is 1. The molecule has 0 aromatic heterocycles. The van der Waals surface area contributed by atoms with Gasteiger partial charge in [-0.05, 0) is 18.6 Å². The summed E-state index contributed by atoms with van der Waals surface area (Å²) in [5.41, 5.74) is 6.52. The first kappa shape index (κ1) is 14.4. The van der Waals surface area contributed by atoms with Crippen LogP contribution in [0.15, 0.2) is 12.1 Å². The maximum Gasteiger partial charge on any atom is 0.225 e. The molecule has 0 saturated carbocycles. The van der Waals surface area contributed by atoms with E-state index in [0.29, 0.717) is 34.4 Å². The molecule has 1 amide bonds. The van der Waals surface area contributed by atoms with Crippen LogP contribution in [-0.2, 0) is 9.63 Å². The predicted octanol–water partition coefficient (Wildman–Crippen LogP) is 2.54. The molecule has 3 N–H and O–H groups in total. The molecule has 0 spiro atoms. The highest BCUT2D eigenvalue weighted by Crippen LogP contribution is 2.32. The number of rotatable bonds is 4. The number of hydrogen-bond donors (Lipinski definition) is 2. The topological polar surface area (TPSA) is 67.6 Å². The summed E-state index contributed by atoms with van der Waals surface area (Å²) in [7, 11) is 0. The Morgan fingerprint density at radius 1 is 1.47 bits per heavy atom. The molecule has 7 heteroatoms. The molecule has 1 aromatic carbocycles. The Bertz CT molecular complexity index is 453. The number of amides is 1. The lowest BCUT2D eigenvalue weighted by atomic mass is 10.2. The number of carbonyl (C=O) groups is 1. The van der Waals surface area contributed by atoms with E-state index >= 15 is 0 Å². The summed E-state index contributed by atoms with van der Waals surface area (Å²) < 4.78 is 0. The monoisotopic (exact) mass is 303 g/mol. The van der Waals surface area contributed by atoms with Gasteiger partial charge >= 0.3 is 0 Å². The van der Waals surface area contributed by atoms with E-state index in [-0.39, 0.29) is 5.91 Å². The summed E-state index contributed by atoms with van der Waals surface area (Å²) in [6.45, 7) is 2.13. The van der Waals surface area contributed by atoms with Crippen LogP contribution >= 0.6 is 23.2 Å². The number of hydrogen-bond acceptors (Lipinski definition) is 4. The van der Waals surface area contributed by atoms with Gasteiger partial charge in [-0.2, -0.15) is 5.06 Å². The van der Waals surface area contributed by atoms with Crippen LogP contribution in [0.3, 0.4) is 0 Å². The van der Waals surface area contributed by atoms with E-state index in [4.69, 9.17) is 33.8 Å². The van der Waals surface area contributed by atoms with Gasteiger partial charge in [0.05, 0.1) is 23.0 Å². The van der Waals surface area contributed by atoms with E-state index < -0.39 is 0 Å². The average Bonchev–Trinajstić information content (AvgIpc) is 2.84. The fourth-order valence-corrected chi connectivity index (χ4v) is 2.39. The van der Waals surface area contributed by atoms with Crippen molar-refractivity contribution in [2.75, 3.05) is 30.7 Å². The Balaban J connectivity index is 1.91. The lowest BCUT2D eigenvalue weighted by Gasteiger charge is -2.14. The second-order valence-electron chi connectivity index (χ2n) is 4.27. The van der Waals surface area contributed by atoms with Crippen LogP contribution in [0.4, 0.5) is 11.4 Å². The van der Waals surface area contributed by atoms with Crippen molar-refractivity contribution in [3.8, 4) is 0 Å². The van der Waals surface area contributed by atoms with Gasteiger partial charge in [0, 0.05) is 24.5 Å². The van der Waals surface area contributed by atoms with Crippen LogP contribution in [-0.4, -0.2) is 30.7 Å². The highest BCUT2D eigenvalue weighted by molar-refractivity contribution is 6.37. The molecule has 0 aliphatic carbocycles. The molecule has 1 fully saturated rings. The summed E-state index contributed by atoms with van der Waals surface area (Å²) >= 11 is 11.8. The SMILES string of the molecule is Nc1cc(Cl)cc(Cl)c1NC(=O)CCN1CCCO1. The van der Waals surface area contributed by atoms with Crippen LogP contribution in [0.2, 0.25) is 10.0 Å². The van der Waals surface area contributed by atoms with E-state index in [1.807, 2.05) is 0 Å². The number of hydroxylamine groups is 2. The van der Waals surface area contributed by atoms with Gasteiger partial charge in [-0.15, -0.1) is 0 Å².